The Morgan fingerprint density at radius 3 is 2.26 bits per heavy atom. The number of rotatable bonds is 8. The smallest absolute Gasteiger partial charge is 0.407 e. The van der Waals surface area contributed by atoms with Crippen LogP contribution in [0.5, 0.6) is 0 Å². The normalized spacial score (nSPS) is 19.7. The molecule has 2 aromatic rings. The van der Waals surface area contributed by atoms with E-state index in [1.165, 1.54) is 23.0 Å². The zero-order chi connectivity index (χ0) is 24.2. The molecule has 2 aliphatic carbocycles. The number of benzene rings is 2. The number of likely N-dealkylation sites (N-methyl/N-ethyl adjacent to an activating group) is 1. The van der Waals surface area contributed by atoms with Gasteiger partial charge in [0.25, 0.3) is 0 Å². The first-order chi connectivity index (χ1) is 16.4. The van der Waals surface area contributed by atoms with Crippen molar-refractivity contribution >= 4 is 18.0 Å². The molecule has 4 rings (SSSR count). The van der Waals surface area contributed by atoms with Gasteiger partial charge in [-0.3, -0.25) is 4.79 Å². The van der Waals surface area contributed by atoms with E-state index in [1.54, 1.807) is 6.92 Å². The predicted molar refractivity (Wildman–Crippen MR) is 128 cm³/mol. The number of hydrogen-bond acceptors (Lipinski definition) is 4. The average Bonchev–Trinajstić information content (AvgIpc) is 3.44. The second kappa shape index (κ2) is 10.3. The van der Waals surface area contributed by atoms with E-state index < -0.39 is 18.1 Å². The molecule has 0 heterocycles. The predicted octanol–water partition coefficient (Wildman–Crippen LogP) is 4.26. The number of ether oxygens (including phenoxy) is 1. The van der Waals surface area contributed by atoms with Crippen molar-refractivity contribution in [2.24, 2.45) is 11.8 Å². The summed E-state index contributed by atoms with van der Waals surface area (Å²) in [6.45, 7) is 4.24. The number of nitrogens with zero attached hydrogens (tertiary/aromatic N) is 1. The van der Waals surface area contributed by atoms with Gasteiger partial charge in [-0.05, 0) is 54.9 Å². The van der Waals surface area contributed by atoms with Crippen LogP contribution in [0.25, 0.3) is 11.1 Å². The lowest BCUT2D eigenvalue weighted by Gasteiger charge is -2.30. The summed E-state index contributed by atoms with van der Waals surface area (Å²) in [5.74, 6) is -1.47. The van der Waals surface area contributed by atoms with Gasteiger partial charge in [0, 0.05) is 24.9 Å². The first-order valence-corrected chi connectivity index (χ1v) is 12.0. The van der Waals surface area contributed by atoms with Gasteiger partial charge < -0.3 is 20.1 Å². The van der Waals surface area contributed by atoms with Gasteiger partial charge >= 0.3 is 12.1 Å². The number of fused-ring (bicyclic) bond motifs is 3. The summed E-state index contributed by atoms with van der Waals surface area (Å²) in [6.07, 6.45) is 1.91. The number of alkyl carbamates (subject to hydrolysis) is 1. The van der Waals surface area contributed by atoms with Gasteiger partial charge in [-0.15, -0.1) is 0 Å². The Kier molecular flexibility index (Phi) is 7.20. The third kappa shape index (κ3) is 4.65. The Bertz CT molecular complexity index is 1020. The van der Waals surface area contributed by atoms with Crippen molar-refractivity contribution in [3.63, 3.8) is 0 Å². The minimum atomic E-state index is -1.01. The van der Waals surface area contributed by atoms with Crippen LogP contribution in [-0.2, 0) is 14.3 Å². The third-order valence-electron chi connectivity index (χ3n) is 7.28. The molecular formula is C27H32N2O5. The van der Waals surface area contributed by atoms with Crippen molar-refractivity contribution in [2.75, 3.05) is 19.7 Å². The number of hydrogen-bond donors (Lipinski definition) is 2. The van der Waals surface area contributed by atoms with Gasteiger partial charge in [-0.1, -0.05) is 55.0 Å². The Morgan fingerprint density at radius 2 is 1.68 bits per heavy atom. The van der Waals surface area contributed by atoms with E-state index in [0.717, 1.165) is 24.0 Å². The Morgan fingerprint density at radius 1 is 1.06 bits per heavy atom. The number of carboxylic acids is 1. The highest BCUT2D eigenvalue weighted by atomic mass is 16.5. The van der Waals surface area contributed by atoms with Crippen LogP contribution in [0.15, 0.2) is 48.5 Å². The highest BCUT2D eigenvalue weighted by molar-refractivity contribution is 5.85. The second-order valence-electron chi connectivity index (χ2n) is 9.14. The molecule has 180 valence electrons. The maximum Gasteiger partial charge on any atom is 0.407 e. The standard InChI is InChI=1S/C27H32N2O5/c1-3-29(17(2)26(31)32)25(30)19-14-8-9-18(19)15-28-27(33)34-16-24-22-12-6-4-10-20(22)21-11-5-7-13-23(21)24/h4-7,10-13,17-19,24H,3,8-9,14-16H2,1-2H3,(H,28,33)(H,31,32). The van der Waals surface area contributed by atoms with Crippen LogP contribution in [0.3, 0.4) is 0 Å². The summed E-state index contributed by atoms with van der Waals surface area (Å²) in [7, 11) is 0. The molecule has 0 saturated heterocycles. The minimum Gasteiger partial charge on any atom is -0.480 e. The molecule has 1 saturated carbocycles. The fourth-order valence-electron chi connectivity index (χ4n) is 5.44. The number of amides is 2. The van der Waals surface area contributed by atoms with Crippen LogP contribution in [0.4, 0.5) is 4.79 Å². The largest absolute Gasteiger partial charge is 0.480 e. The summed E-state index contributed by atoms with van der Waals surface area (Å²) in [6, 6.07) is 15.5. The van der Waals surface area contributed by atoms with E-state index in [-0.39, 0.29) is 30.3 Å². The van der Waals surface area contributed by atoms with Crippen molar-refractivity contribution in [1.29, 1.82) is 0 Å². The van der Waals surface area contributed by atoms with Gasteiger partial charge in [-0.2, -0.15) is 0 Å². The lowest BCUT2D eigenvalue weighted by atomic mass is 9.94. The SMILES string of the molecule is CCN(C(=O)C1CCCC1CNC(=O)OCC1c2ccccc2-c2ccccc21)C(C)C(=O)O. The van der Waals surface area contributed by atoms with Gasteiger partial charge in [0.15, 0.2) is 0 Å². The van der Waals surface area contributed by atoms with Gasteiger partial charge in [0.2, 0.25) is 5.91 Å². The average molecular weight is 465 g/mol. The van der Waals surface area contributed by atoms with E-state index in [2.05, 4.69) is 29.6 Å². The van der Waals surface area contributed by atoms with Crippen molar-refractivity contribution in [3.05, 3.63) is 59.7 Å². The van der Waals surface area contributed by atoms with Crippen molar-refractivity contribution in [3.8, 4) is 11.1 Å². The maximum atomic E-state index is 13.0. The Hall–Kier alpha value is -3.35. The molecular weight excluding hydrogens is 432 g/mol. The Balaban J connectivity index is 1.34. The third-order valence-corrected chi connectivity index (χ3v) is 7.28. The molecule has 34 heavy (non-hydrogen) atoms. The van der Waals surface area contributed by atoms with E-state index in [4.69, 9.17) is 4.74 Å². The minimum absolute atomic E-state index is 0.00502. The van der Waals surface area contributed by atoms with Crippen LogP contribution in [0.2, 0.25) is 0 Å². The van der Waals surface area contributed by atoms with Gasteiger partial charge in [0.05, 0.1) is 0 Å². The highest BCUT2D eigenvalue weighted by Crippen LogP contribution is 2.44. The van der Waals surface area contributed by atoms with Crippen LogP contribution in [0, 0.1) is 11.8 Å². The molecule has 2 amide bonds. The first-order valence-electron chi connectivity index (χ1n) is 12.0. The van der Waals surface area contributed by atoms with Crippen LogP contribution < -0.4 is 5.32 Å². The molecule has 2 aromatic carbocycles. The quantitative estimate of drug-likeness (QED) is 0.609. The summed E-state index contributed by atoms with van der Waals surface area (Å²) in [5.41, 5.74) is 4.67. The molecule has 0 aromatic heterocycles. The topological polar surface area (TPSA) is 95.9 Å². The van der Waals surface area contributed by atoms with Crippen molar-refractivity contribution in [2.45, 2.75) is 45.1 Å². The van der Waals surface area contributed by atoms with E-state index in [1.807, 2.05) is 24.3 Å². The molecule has 3 unspecified atom stereocenters. The number of nitrogens with one attached hydrogen (secondary N) is 1. The second-order valence-corrected chi connectivity index (χ2v) is 9.14. The maximum absolute atomic E-state index is 13.0. The zero-order valence-corrected chi connectivity index (χ0v) is 19.7. The number of carboxylic acid groups (broad SMARTS) is 1. The fourth-order valence-corrected chi connectivity index (χ4v) is 5.44. The highest BCUT2D eigenvalue weighted by Gasteiger charge is 2.38. The summed E-state index contributed by atoms with van der Waals surface area (Å²) in [4.78, 5) is 38.4. The van der Waals surface area contributed by atoms with E-state index >= 15 is 0 Å². The summed E-state index contributed by atoms with van der Waals surface area (Å²) in [5, 5.41) is 12.2. The van der Waals surface area contributed by atoms with Crippen LogP contribution >= 0.6 is 0 Å². The zero-order valence-electron chi connectivity index (χ0n) is 19.7. The molecule has 2 aliphatic rings. The molecule has 7 heteroatoms. The molecule has 2 N–H and O–H groups in total. The van der Waals surface area contributed by atoms with Crippen molar-refractivity contribution < 1.29 is 24.2 Å². The van der Waals surface area contributed by atoms with Crippen LogP contribution in [0.1, 0.15) is 50.2 Å². The van der Waals surface area contributed by atoms with Crippen molar-refractivity contribution in [1.82, 2.24) is 10.2 Å². The summed E-state index contributed by atoms with van der Waals surface area (Å²) < 4.78 is 5.61. The van der Waals surface area contributed by atoms with Gasteiger partial charge in [-0.25, -0.2) is 9.59 Å². The fraction of sp³-hybridized carbons (Fsp3) is 0.444. The summed E-state index contributed by atoms with van der Waals surface area (Å²) >= 11 is 0. The molecule has 0 aliphatic heterocycles. The lowest BCUT2D eigenvalue weighted by Crippen LogP contribution is -2.47. The number of carbonyl (C=O) groups is 3. The van der Waals surface area contributed by atoms with Gasteiger partial charge in [0.1, 0.15) is 12.6 Å². The van der Waals surface area contributed by atoms with E-state index in [9.17, 15) is 19.5 Å². The molecule has 1 fully saturated rings. The first kappa shape index (κ1) is 23.8. The van der Waals surface area contributed by atoms with E-state index in [0.29, 0.717) is 19.5 Å². The molecule has 0 bridgehead atoms. The molecule has 7 nitrogen and oxygen atoms in total. The van der Waals surface area contributed by atoms with Crippen LogP contribution in [-0.4, -0.2) is 53.7 Å². The Labute approximate surface area is 200 Å². The lowest BCUT2D eigenvalue weighted by molar-refractivity contribution is -0.151. The monoisotopic (exact) mass is 464 g/mol. The number of carbonyl (C=O) groups excluding carboxylic acids is 2. The molecule has 0 radical (unpaired) electrons. The molecule has 3 atom stereocenters. The molecule has 0 spiro atoms. The number of aliphatic carboxylic acids is 1.